The molecule has 0 saturated heterocycles. The summed E-state index contributed by atoms with van der Waals surface area (Å²) in [6, 6.07) is 0. The lowest BCUT2D eigenvalue weighted by atomic mass is 9.89. The molecule has 0 rings (SSSR count). The fourth-order valence-corrected chi connectivity index (χ4v) is 9.53. The predicted octanol–water partition coefficient (Wildman–Crippen LogP) is 13.0. The molecule has 0 heterocycles. The molecule has 0 spiro atoms. The molecule has 0 aromatic rings. The van der Waals surface area contributed by atoms with Crippen LogP contribution in [0.25, 0.3) is 0 Å². The van der Waals surface area contributed by atoms with Crippen LogP contribution in [-0.2, 0) is 14.2 Å². The van der Waals surface area contributed by atoms with Crippen molar-refractivity contribution in [2.24, 2.45) is 28.4 Å². The normalized spacial score (nSPS) is 13.2. The van der Waals surface area contributed by atoms with Gasteiger partial charge in [-0.3, -0.25) is 11.7 Å². The minimum absolute atomic E-state index is 0.0647. The Morgan fingerprint density at radius 3 is 1.15 bits per heavy atom. The molecule has 1 unspecified atom stereocenters. The van der Waals surface area contributed by atoms with E-state index in [0.29, 0.717) is 16.7 Å². The van der Waals surface area contributed by atoms with Crippen molar-refractivity contribution in [3.63, 3.8) is 0 Å². The third-order valence-electron chi connectivity index (χ3n) is 9.86. The molecule has 47 heavy (non-hydrogen) atoms. The molecule has 1 atom stereocenters. The van der Waals surface area contributed by atoms with Gasteiger partial charge in [0, 0.05) is 27.2 Å². The van der Waals surface area contributed by atoms with Gasteiger partial charge in [0.1, 0.15) is 0 Å². The predicted molar refractivity (Wildman–Crippen MR) is 213 cm³/mol. The second-order valence-corrected chi connectivity index (χ2v) is 19.4. The maximum atomic E-state index is 5.93. The minimum Gasteiger partial charge on any atom is -0.331 e. The first-order valence-electron chi connectivity index (χ1n) is 20.1. The van der Waals surface area contributed by atoms with Crippen molar-refractivity contribution in [1.82, 2.24) is 0 Å². The van der Waals surface area contributed by atoms with Crippen LogP contribution in [0, 0.1) is 16.7 Å². The Hall–Kier alpha value is 0.230. The van der Waals surface area contributed by atoms with Gasteiger partial charge >= 0.3 is 0 Å². The van der Waals surface area contributed by atoms with Crippen LogP contribution in [0.1, 0.15) is 203 Å². The zero-order chi connectivity index (χ0) is 35.9. The number of nitrogens with two attached hydrogens (primary N) is 2. The molecule has 4 N–H and O–H groups in total. The van der Waals surface area contributed by atoms with E-state index in [9.17, 15) is 0 Å². The van der Waals surface area contributed by atoms with Crippen LogP contribution in [0.3, 0.4) is 0 Å². The van der Waals surface area contributed by atoms with Gasteiger partial charge < -0.3 is 14.2 Å². The van der Waals surface area contributed by atoms with Gasteiger partial charge in [-0.1, -0.05) is 164 Å². The van der Waals surface area contributed by atoms with Crippen molar-refractivity contribution in [3.8, 4) is 0 Å². The summed E-state index contributed by atoms with van der Waals surface area (Å²) in [6.07, 6.45) is 37.1. The quantitative estimate of drug-likeness (QED) is 0.0242. The molecule has 0 saturated carbocycles. The van der Waals surface area contributed by atoms with Crippen molar-refractivity contribution in [2.45, 2.75) is 209 Å². The third kappa shape index (κ3) is 30.8. The maximum absolute atomic E-state index is 5.93. The molecule has 0 aliphatic carbocycles. The first-order valence-corrected chi connectivity index (χ1v) is 22.0. The average molecular weight is 689 g/mol. The van der Waals surface area contributed by atoms with Gasteiger partial charge in [-0.15, -0.1) is 7.92 Å². The molecule has 0 radical (unpaired) electrons. The van der Waals surface area contributed by atoms with Crippen LogP contribution in [-0.4, -0.2) is 45.8 Å². The average Bonchev–Trinajstić information content (AvgIpc) is 3.03. The Morgan fingerprint density at radius 1 is 0.447 bits per heavy atom. The largest absolute Gasteiger partial charge is 0.331 e. The lowest BCUT2D eigenvalue weighted by molar-refractivity contribution is -0.379. The Bertz CT molecular complexity index is 591. The van der Waals surface area contributed by atoms with E-state index in [0.717, 1.165) is 12.8 Å². The van der Waals surface area contributed by atoms with Crippen LogP contribution in [0.2, 0.25) is 0 Å². The van der Waals surface area contributed by atoms with Gasteiger partial charge in [0.25, 0.3) is 5.97 Å². The number of ether oxygens (including phenoxy) is 3. The third-order valence-corrected chi connectivity index (χ3v) is 12.6. The number of hydrogen-bond donors (Lipinski definition) is 2. The standard InChI is InChI=1S/C41H85O3P.H4N2/c1-11-12-13-14-21-26-31-38(41(42-8,43-9)44-10)32-37-45(35-29-24-19-15-17-22-27-33-39(2,3)4)36-30-25-20-16-18-23-28-34-40(5,6)7;1-2/h38H,11-37H2,1-10H3;1-2H2. The summed E-state index contributed by atoms with van der Waals surface area (Å²) in [5.74, 6) is 7.40. The minimum atomic E-state index is -0.898. The highest BCUT2D eigenvalue weighted by molar-refractivity contribution is 7.57. The summed E-state index contributed by atoms with van der Waals surface area (Å²) in [5.41, 5.74) is 0.985. The Kier molecular flexibility index (Phi) is 33.8. The molecule has 0 aromatic heterocycles. The van der Waals surface area contributed by atoms with Crippen molar-refractivity contribution in [3.05, 3.63) is 0 Å². The molecule has 0 bridgehead atoms. The summed E-state index contributed by atoms with van der Waals surface area (Å²) in [6.45, 7) is 16.5. The summed E-state index contributed by atoms with van der Waals surface area (Å²) < 4.78 is 17.8. The number of rotatable bonds is 32. The SMILES string of the molecule is CCCCCCCCC(CCP(CCCCCCCCCC(C)(C)C)CCCCCCCCCC(C)(C)C)C(OC)(OC)OC.NN. The highest BCUT2D eigenvalue weighted by Crippen LogP contribution is 2.42. The summed E-state index contributed by atoms with van der Waals surface area (Å²) in [4.78, 5) is 0. The van der Waals surface area contributed by atoms with Gasteiger partial charge in [-0.05, 0) is 67.8 Å². The van der Waals surface area contributed by atoms with E-state index >= 15 is 0 Å². The highest BCUT2D eigenvalue weighted by atomic mass is 31.1. The zero-order valence-corrected chi connectivity index (χ0v) is 34.9. The molecule has 0 aromatic carbocycles. The second-order valence-electron chi connectivity index (χ2n) is 16.7. The Morgan fingerprint density at radius 2 is 0.787 bits per heavy atom. The van der Waals surface area contributed by atoms with E-state index < -0.39 is 5.97 Å². The number of unbranched alkanes of at least 4 members (excludes halogenated alkanes) is 17. The van der Waals surface area contributed by atoms with Crippen molar-refractivity contribution in [2.75, 3.05) is 39.8 Å². The molecule has 6 heteroatoms. The van der Waals surface area contributed by atoms with Crippen LogP contribution < -0.4 is 11.7 Å². The Balaban J connectivity index is 0. The summed E-state index contributed by atoms with van der Waals surface area (Å²) >= 11 is 0. The topological polar surface area (TPSA) is 79.7 Å². The molecule has 0 amide bonds. The van der Waals surface area contributed by atoms with E-state index in [2.05, 4.69) is 60.2 Å². The first-order chi connectivity index (χ1) is 22.4. The fourth-order valence-electron chi connectivity index (χ4n) is 6.84. The van der Waals surface area contributed by atoms with Gasteiger partial charge in [0.05, 0.1) is 0 Å². The number of hydrazine groups is 1. The Labute approximate surface area is 298 Å². The van der Waals surface area contributed by atoms with Crippen LogP contribution in [0.4, 0.5) is 0 Å². The van der Waals surface area contributed by atoms with Crippen molar-refractivity contribution < 1.29 is 14.2 Å². The van der Waals surface area contributed by atoms with Crippen molar-refractivity contribution >= 4 is 7.92 Å². The van der Waals surface area contributed by atoms with Gasteiger partial charge in [0.15, 0.2) is 0 Å². The number of methoxy groups -OCH3 is 3. The molecule has 0 aliphatic heterocycles. The fraction of sp³-hybridized carbons (Fsp3) is 1.00. The van der Waals surface area contributed by atoms with E-state index in [1.807, 2.05) is 0 Å². The molecular weight excluding hydrogens is 599 g/mol. The highest BCUT2D eigenvalue weighted by Gasteiger charge is 2.39. The van der Waals surface area contributed by atoms with Crippen molar-refractivity contribution in [1.29, 1.82) is 0 Å². The van der Waals surface area contributed by atoms with E-state index in [4.69, 9.17) is 14.2 Å². The number of hydrogen-bond acceptors (Lipinski definition) is 5. The molecular formula is C41H89N2O3P. The van der Waals surface area contributed by atoms with Crippen LogP contribution >= 0.6 is 7.92 Å². The lowest BCUT2D eigenvalue weighted by Gasteiger charge is -2.37. The summed E-state index contributed by atoms with van der Waals surface area (Å²) in [5, 5.41) is 0. The van der Waals surface area contributed by atoms with Crippen LogP contribution in [0.5, 0.6) is 0 Å². The van der Waals surface area contributed by atoms with E-state index in [-0.39, 0.29) is 7.92 Å². The monoisotopic (exact) mass is 689 g/mol. The van der Waals surface area contributed by atoms with Gasteiger partial charge in [-0.2, -0.15) is 0 Å². The summed E-state index contributed by atoms with van der Waals surface area (Å²) in [7, 11) is 5.35. The maximum Gasteiger partial charge on any atom is 0.285 e. The first kappa shape index (κ1) is 49.3. The second kappa shape index (κ2) is 32.2. The molecule has 0 fully saturated rings. The zero-order valence-electron chi connectivity index (χ0n) is 34.0. The van der Waals surface area contributed by atoms with E-state index in [1.54, 1.807) is 21.3 Å². The van der Waals surface area contributed by atoms with Gasteiger partial charge in [-0.25, -0.2) is 0 Å². The smallest absolute Gasteiger partial charge is 0.285 e. The molecule has 0 aliphatic rings. The molecule has 5 nitrogen and oxygen atoms in total. The van der Waals surface area contributed by atoms with Gasteiger partial charge in [0.2, 0.25) is 0 Å². The molecule has 286 valence electrons. The lowest BCUT2D eigenvalue weighted by Crippen LogP contribution is -2.44. The van der Waals surface area contributed by atoms with Crippen LogP contribution in [0.15, 0.2) is 0 Å². The van der Waals surface area contributed by atoms with E-state index in [1.165, 1.54) is 160 Å².